The number of fused-ring (bicyclic) bond motifs is 1. The number of aromatic nitrogens is 1. The zero-order chi connectivity index (χ0) is 11.7. The molecule has 1 aromatic heterocycles. The van der Waals surface area contributed by atoms with Crippen LogP contribution in [0.2, 0.25) is 0 Å². The van der Waals surface area contributed by atoms with Gasteiger partial charge in [-0.05, 0) is 25.1 Å². The van der Waals surface area contributed by atoms with E-state index in [-0.39, 0.29) is 5.97 Å². The molecule has 0 atom stereocenters. The average molecular weight is 283 g/mol. The molecule has 0 spiro atoms. The van der Waals surface area contributed by atoms with E-state index >= 15 is 0 Å². The van der Waals surface area contributed by atoms with E-state index in [1.54, 1.807) is 19.1 Å². The van der Waals surface area contributed by atoms with Gasteiger partial charge in [0.05, 0.1) is 17.8 Å². The lowest BCUT2D eigenvalue weighted by molar-refractivity contribution is 0.0520. The highest BCUT2D eigenvalue weighted by Crippen LogP contribution is 2.26. The summed E-state index contributed by atoms with van der Waals surface area (Å²) in [7, 11) is 0. The Morgan fingerprint density at radius 2 is 2.25 bits per heavy atom. The molecule has 1 aromatic carbocycles. The van der Waals surface area contributed by atoms with Gasteiger partial charge in [0.2, 0.25) is 0 Å². The third-order valence-corrected chi connectivity index (χ3v) is 2.68. The molecule has 0 aliphatic rings. The van der Waals surface area contributed by atoms with Crippen molar-refractivity contribution >= 4 is 38.5 Å². The maximum absolute atomic E-state index is 11.5. The molecule has 0 fully saturated rings. The zero-order valence-corrected chi connectivity index (χ0v) is 10.3. The number of rotatable bonds is 2. The van der Waals surface area contributed by atoms with Gasteiger partial charge in [-0.15, -0.1) is 0 Å². The number of ether oxygens (including phenoxy) is 1. The molecule has 84 valence electrons. The molecule has 0 aliphatic heterocycles. The third kappa shape index (κ3) is 1.90. The van der Waals surface area contributed by atoms with Gasteiger partial charge in [0.1, 0.15) is 5.69 Å². The van der Waals surface area contributed by atoms with Crippen LogP contribution in [-0.4, -0.2) is 17.6 Å². The molecule has 5 heteroatoms. The van der Waals surface area contributed by atoms with E-state index in [9.17, 15) is 4.79 Å². The van der Waals surface area contributed by atoms with Gasteiger partial charge in [-0.2, -0.15) is 0 Å². The Hall–Kier alpha value is -1.49. The summed E-state index contributed by atoms with van der Waals surface area (Å²) >= 11 is 3.35. The molecular formula is C11H11BrN2O2. The van der Waals surface area contributed by atoms with E-state index in [0.717, 1.165) is 15.4 Å². The van der Waals surface area contributed by atoms with Crippen molar-refractivity contribution in [2.45, 2.75) is 6.92 Å². The SMILES string of the molecule is CCOC(=O)c1cc2cc(Br)cc(N)c2[nH]1. The number of hydrogen-bond donors (Lipinski definition) is 2. The molecular weight excluding hydrogens is 272 g/mol. The molecule has 0 amide bonds. The molecule has 1 heterocycles. The summed E-state index contributed by atoms with van der Waals surface area (Å²) < 4.78 is 5.79. The maximum Gasteiger partial charge on any atom is 0.354 e. The van der Waals surface area contributed by atoms with Crippen LogP contribution in [-0.2, 0) is 4.74 Å². The maximum atomic E-state index is 11.5. The Bertz CT molecular complexity index is 548. The number of H-pyrrole nitrogens is 1. The van der Waals surface area contributed by atoms with Crippen molar-refractivity contribution in [1.82, 2.24) is 4.98 Å². The minimum atomic E-state index is -0.366. The number of anilines is 1. The number of nitrogens with one attached hydrogen (secondary N) is 1. The van der Waals surface area contributed by atoms with Crippen LogP contribution >= 0.6 is 15.9 Å². The molecule has 2 rings (SSSR count). The molecule has 0 bridgehead atoms. The highest BCUT2D eigenvalue weighted by Gasteiger charge is 2.11. The van der Waals surface area contributed by atoms with Crippen LogP contribution in [0, 0.1) is 0 Å². The van der Waals surface area contributed by atoms with Gasteiger partial charge in [0.15, 0.2) is 0 Å². The van der Waals surface area contributed by atoms with E-state index < -0.39 is 0 Å². The van der Waals surface area contributed by atoms with Gasteiger partial charge < -0.3 is 15.5 Å². The van der Waals surface area contributed by atoms with E-state index in [4.69, 9.17) is 10.5 Å². The van der Waals surface area contributed by atoms with Gasteiger partial charge >= 0.3 is 5.97 Å². The second-order valence-electron chi connectivity index (χ2n) is 3.36. The number of hydrogen-bond acceptors (Lipinski definition) is 3. The lowest BCUT2D eigenvalue weighted by Crippen LogP contribution is -2.04. The van der Waals surface area contributed by atoms with Crippen molar-refractivity contribution in [3.8, 4) is 0 Å². The van der Waals surface area contributed by atoms with Crippen LogP contribution in [0.25, 0.3) is 10.9 Å². The Morgan fingerprint density at radius 1 is 1.50 bits per heavy atom. The third-order valence-electron chi connectivity index (χ3n) is 2.22. The molecule has 0 aliphatic carbocycles. The summed E-state index contributed by atoms with van der Waals surface area (Å²) in [5, 5.41) is 0.884. The number of halogens is 1. The summed E-state index contributed by atoms with van der Waals surface area (Å²) in [5.41, 5.74) is 7.60. The second kappa shape index (κ2) is 4.17. The fourth-order valence-electron chi connectivity index (χ4n) is 1.55. The van der Waals surface area contributed by atoms with Crippen LogP contribution in [0.4, 0.5) is 5.69 Å². The minimum Gasteiger partial charge on any atom is -0.461 e. The molecule has 0 unspecified atom stereocenters. The van der Waals surface area contributed by atoms with Crippen molar-refractivity contribution in [3.63, 3.8) is 0 Å². The molecule has 3 N–H and O–H groups in total. The lowest BCUT2D eigenvalue weighted by atomic mass is 10.2. The smallest absolute Gasteiger partial charge is 0.354 e. The normalized spacial score (nSPS) is 10.6. The van der Waals surface area contributed by atoms with Crippen LogP contribution in [0.1, 0.15) is 17.4 Å². The lowest BCUT2D eigenvalue weighted by Gasteiger charge is -1.98. The van der Waals surface area contributed by atoms with Crippen LogP contribution < -0.4 is 5.73 Å². The summed E-state index contributed by atoms with van der Waals surface area (Å²) in [6.07, 6.45) is 0. The van der Waals surface area contributed by atoms with E-state index in [1.807, 2.05) is 6.07 Å². The van der Waals surface area contributed by atoms with Gasteiger partial charge in [0, 0.05) is 9.86 Å². The minimum absolute atomic E-state index is 0.355. The quantitative estimate of drug-likeness (QED) is 0.657. The monoisotopic (exact) mass is 282 g/mol. The molecule has 4 nitrogen and oxygen atoms in total. The molecule has 0 radical (unpaired) electrons. The number of aromatic amines is 1. The topological polar surface area (TPSA) is 68.1 Å². The predicted molar refractivity (Wildman–Crippen MR) is 66.4 cm³/mol. The first-order valence-electron chi connectivity index (χ1n) is 4.86. The van der Waals surface area contributed by atoms with Gasteiger partial charge in [-0.1, -0.05) is 15.9 Å². The molecule has 16 heavy (non-hydrogen) atoms. The van der Waals surface area contributed by atoms with Crippen molar-refractivity contribution in [2.24, 2.45) is 0 Å². The average Bonchev–Trinajstić information content (AvgIpc) is 2.62. The van der Waals surface area contributed by atoms with E-state index in [1.165, 1.54) is 0 Å². The van der Waals surface area contributed by atoms with Crippen LogP contribution in [0.15, 0.2) is 22.7 Å². The summed E-state index contributed by atoms with van der Waals surface area (Å²) in [6, 6.07) is 5.41. The molecule has 0 saturated heterocycles. The second-order valence-corrected chi connectivity index (χ2v) is 4.28. The fourth-order valence-corrected chi connectivity index (χ4v) is 2.05. The number of esters is 1. The van der Waals surface area contributed by atoms with E-state index in [0.29, 0.717) is 18.0 Å². The van der Waals surface area contributed by atoms with Crippen molar-refractivity contribution < 1.29 is 9.53 Å². The zero-order valence-electron chi connectivity index (χ0n) is 8.71. The first-order chi connectivity index (χ1) is 7.61. The Balaban J connectivity index is 2.51. The van der Waals surface area contributed by atoms with Crippen molar-refractivity contribution in [3.05, 3.63) is 28.4 Å². The van der Waals surface area contributed by atoms with E-state index in [2.05, 4.69) is 20.9 Å². The summed E-state index contributed by atoms with van der Waals surface area (Å²) in [6.45, 7) is 2.12. The van der Waals surface area contributed by atoms with Crippen LogP contribution in [0.3, 0.4) is 0 Å². The van der Waals surface area contributed by atoms with Gasteiger partial charge in [-0.25, -0.2) is 4.79 Å². The summed E-state index contributed by atoms with van der Waals surface area (Å²) in [5.74, 6) is -0.366. The highest BCUT2D eigenvalue weighted by atomic mass is 79.9. The predicted octanol–water partition coefficient (Wildman–Crippen LogP) is 2.69. The van der Waals surface area contributed by atoms with Crippen molar-refractivity contribution in [1.29, 1.82) is 0 Å². The number of carbonyl (C=O) groups is 1. The number of nitrogen functional groups attached to an aromatic ring is 1. The highest BCUT2D eigenvalue weighted by molar-refractivity contribution is 9.10. The molecule has 2 aromatic rings. The first kappa shape index (κ1) is 11.0. The summed E-state index contributed by atoms with van der Waals surface area (Å²) in [4.78, 5) is 14.5. The standard InChI is InChI=1S/C11H11BrN2O2/c1-2-16-11(15)9-4-6-3-7(12)5-8(13)10(6)14-9/h3-5,14H,2,13H2,1H3. The van der Waals surface area contributed by atoms with Gasteiger partial charge in [-0.3, -0.25) is 0 Å². The largest absolute Gasteiger partial charge is 0.461 e. The molecule has 0 saturated carbocycles. The Kier molecular flexibility index (Phi) is 2.87. The van der Waals surface area contributed by atoms with Gasteiger partial charge in [0.25, 0.3) is 0 Å². The Morgan fingerprint density at radius 3 is 2.94 bits per heavy atom. The number of carbonyl (C=O) groups excluding carboxylic acids is 1. The van der Waals surface area contributed by atoms with Crippen molar-refractivity contribution in [2.75, 3.05) is 12.3 Å². The number of benzene rings is 1. The Labute approximate surface area is 101 Å². The first-order valence-corrected chi connectivity index (χ1v) is 5.66. The fraction of sp³-hybridized carbons (Fsp3) is 0.182. The number of nitrogens with two attached hydrogens (primary N) is 1. The van der Waals surface area contributed by atoms with Crippen LogP contribution in [0.5, 0.6) is 0 Å².